The van der Waals surface area contributed by atoms with Gasteiger partial charge in [0.25, 0.3) is 0 Å². The fraction of sp³-hybridized carbons (Fsp3) is 0.821. The molecule has 5 fully saturated rings. The van der Waals surface area contributed by atoms with Crippen LogP contribution >= 0.6 is 0 Å². The summed E-state index contributed by atoms with van der Waals surface area (Å²) in [5.74, 6) is 6.81. The lowest BCUT2D eigenvalue weighted by molar-refractivity contribution is -0.120. The van der Waals surface area contributed by atoms with E-state index in [9.17, 15) is 4.79 Å². The van der Waals surface area contributed by atoms with Crippen molar-refractivity contribution in [3.63, 3.8) is 0 Å². The van der Waals surface area contributed by atoms with Gasteiger partial charge in [0.05, 0.1) is 0 Å². The Kier molecular flexibility index (Phi) is 3.70. The van der Waals surface area contributed by atoms with Crippen LogP contribution < -0.4 is 0 Å². The van der Waals surface area contributed by atoms with Crippen molar-refractivity contribution in [3.05, 3.63) is 23.8 Å². The lowest BCUT2D eigenvalue weighted by Crippen LogP contribution is -2.54. The Morgan fingerprint density at radius 1 is 1.14 bits per heavy atom. The van der Waals surface area contributed by atoms with Crippen molar-refractivity contribution in [2.24, 2.45) is 57.7 Å². The highest BCUT2D eigenvalue weighted by molar-refractivity contribution is 5.92. The van der Waals surface area contributed by atoms with Crippen molar-refractivity contribution < 1.29 is 4.79 Å². The van der Waals surface area contributed by atoms with Gasteiger partial charge in [0.15, 0.2) is 5.78 Å². The number of carbonyl (C=O) groups excluding carboxylic acids is 1. The second-order valence-electron chi connectivity index (χ2n) is 12.7. The van der Waals surface area contributed by atoms with Crippen LogP contribution in [0.15, 0.2) is 23.8 Å². The number of hydrogen-bond acceptors (Lipinski definition) is 1. The van der Waals surface area contributed by atoms with Crippen LogP contribution in [0.1, 0.15) is 85.5 Å². The van der Waals surface area contributed by atoms with Crippen LogP contribution in [-0.4, -0.2) is 5.78 Å². The van der Waals surface area contributed by atoms with Crippen LogP contribution in [0.2, 0.25) is 0 Å². The largest absolute Gasteiger partial charge is 0.295 e. The molecule has 0 heterocycles. The third-order valence-electron chi connectivity index (χ3n) is 11.9. The predicted octanol–water partition coefficient (Wildman–Crippen LogP) is 6.98. The molecule has 0 radical (unpaired) electrons. The highest BCUT2D eigenvalue weighted by atomic mass is 16.1. The van der Waals surface area contributed by atoms with Gasteiger partial charge < -0.3 is 0 Å². The molecule has 0 saturated heterocycles. The predicted molar refractivity (Wildman–Crippen MR) is 118 cm³/mol. The third kappa shape index (κ3) is 2.21. The third-order valence-corrected chi connectivity index (χ3v) is 11.9. The van der Waals surface area contributed by atoms with Crippen LogP contribution in [-0.2, 0) is 4.79 Å². The summed E-state index contributed by atoms with van der Waals surface area (Å²) in [5.41, 5.74) is 4.44. The average Bonchev–Trinajstić information content (AvgIpc) is 3.59. The molecule has 0 N–H and O–H groups in total. The minimum atomic E-state index is 0.331. The molecule has 6 aliphatic rings. The van der Waals surface area contributed by atoms with Crippen molar-refractivity contribution in [1.29, 1.82) is 0 Å². The molecule has 6 rings (SSSR count). The average molecular weight is 393 g/mol. The zero-order valence-corrected chi connectivity index (χ0v) is 19.1. The number of ketones is 1. The van der Waals surface area contributed by atoms with E-state index in [1.807, 2.05) is 0 Å². The molecule has 3 unspecified atom stereocenters. The van der Waals surface area contributed by atoms with Crippen LogP contribution in [0, 0.1) is 57.7 Å². The molecule has 1 nitrogen and oxygen atoms in total. The molecule has 6 aliphatic carbocycles. The summed E-state index contributed by atoms with van der Waals surface area (Å²) in [6.07, 6.45) is 13.5. The Hall–Kier alpha value is -0.850. The van der Waals surface area contributed by atoms with E-state index in [1.54, 1.807) is 5.57 Å². The zero-order valence-electron chi connectivity index (χ0n) is 19.1. The van der Waals surface area contributed by atoms with E-state index < -0.39 is 0 Å². The van der Waals surface area contributed by atoms with Gasteiger partial charge in [0.2, 0.25) is 0 Å². The Labute approximate surface area is 177 Å². The first-order chi connectivity index (χ1) is 13.7. The van der Waals surface area contributed by atoms with E-state index in [0.29, 0.717) is 22.0 Å². The molecule has 0 bridgehead atoms. The summed E-state index contributed by atoms with van der Waals surface area (Å²) in [7, 11) is 0. The van der Waals surface area contributed by atoms with E-state index in [0.717, 1.165) is 60.7 Å². The van der Waals surface area contributed by atoms with E-state index in [4.69, 9.17) is 0 Å². The number of hydrogen-bond donors (Lipinski definition) is 0. The van der Waals surface area contributed by atoms with Crippen LogP contribution in [0.25, 0.3) is 0 Å². The highest BCUT2D eigenvalue weighted by Gasteiger charge is 2.77. The van der Waals surface area contributed by atoms with Gasteiger partial charge in [-0.3, -0.25) is 4.79 Å². The smallest absolute Gasteiger partial charge is 0.155 e. The van der Waals surface area contributed by atoms with Gasteiger partial charge in [-0.1, -0.05) is 45.4 Å². The molecule has 0 spiro atoms. The minimum absolute atomic E-state index is 0.331. The van der Waals surface area contributed by atoms with Gasteiger partial charge in [0, 0.05) is 6.42 Å². The molecular weight excluding hydrogens is 352 g/mol. The maximum absolute atomic E-state index is 12.2. The fourth-order valence-electron chi connectivity index (χ4n) is 9.94. The first kappa shape index (κ1) is 18.9. The van der Waals surface area contributed by atoms with Crippen molar-refractivity contribution in [3.8, 4) is 0 Å². The number of rotatable bonds is 4. The van der Waals surface area contributed by atoms with E-state index in [2.05, 4.69) is 40.3 Å². The zero-order chi connectivity index (χ0) is 20.3. The molecule has 10 atom stereocenters. The van der Waals surface area contributed by atoms with Gasteiger partial charge in [0.1, 0.15) is 0 Å². The normalized spacial score (nSPS) is 56.3. The van der Waals surface area contributed by atoms with Gasteiger partial charge in [-0.2, -0.15) is 0 Å². The van der Waals surface area contributed by atoms with Gasteiger partial charge in [-0.25, -0.2) is 0 Å². The van der Waals surface area contributed by atoms with Gasteiger partial charge >= 0.3 is 0 Å². The Balaban J connectivity index is 1.35. The lowest BCUT2D eigenvalue weighted by Gasteiger charge is -2.61. The summed E-state index contributed by atoms with van der Waals surface area (Å²) >= 11 is 0. The molecule has 0 aromatic carbocycles. The monoisotopic (exact) mass is 392 g/mol. The minimum Gasteiger partial charge on any atom is -0.295 e. The first-order valence-corrected chi connectivity index (χ1v) is 12.7. The second-order valence-corrected chi connectivity index (χ2v) is 12.7. The molecule has 29 heavy (non-hydrogen) atoms. The highest BCUT2D eigenvalue weighted by Crippen LogP contribution is 2.83. The standard InChI is InChI=1S/C28H40O/c1-6-16(2)7-11-27(4)23-15-20(23)25-24-19-14-18(19)22-13-17(29)8-10-26(22,3)21(24)9-12-28(25,27)5/h13,18-21,23-25H,2,6-12,14-15H2,1,3-5H3/t18-,19+,20-,21?,23+,24?,25?,26-,27+,28+/m1/s1. The molecule has 5 saturated carbocycles. The summed E-state index contributed by atoms with van der Waals surface area (Å²) in [6, 6.07) is 0. The molecular formula is C28H40O. The van der Waals surface area contributed by atoms with Gasteiger partial charge in [-0.15, -0.1) is 0 Å². The summed E-state index contributed by atoms with van der Waals surface area (Å²) in [4.78, 5) is 12.2. The van der Waals surface area contributed by atoms with Crippen molar-refractivity contribution >= 4 is 5.78 Å². The van der Waals surface area contributed by atoms with E-state index in [-0.39, 0.29) is 0 Å². The molecule has 0 aromatic rings. The molecule has 158 valence electrons. The number of allylic oxidation sites excluding steroid dienone is 2. The molecule has 1 heteroatoms. The van der Waals surface area contributed by atoms with E-state index in [1.165, 1.54) is 44.1 Å². The van der Waals surface area contributed by atoms with Crippen molar-refractivity contribution in [2.45, 2.75) is 85.5 Å². The summed E-state index contributed by atoms with van der Waals surface area (Å²) in [5, 5.41) is 0. The maximum Gasteiger partial charge on any atom is 0.155 e. The van der Waals surface area contributed by atoms with Crippen molar-refractivity contribution in [1.82, 2.24) is 0 Å². The van der Waals surface area contributed by atoms with Crippen LogP contribution in [0.5, 0.6) is 0 Å². The maximum atomic E-state index is 12.2. The topological polar surface area (TPSA) is 17.1 Å². The SMILES string of the molecule is C=C(CC)CC[C@@]1(C)[C@H]2C[C@H]2C2C3C(CC[C@@]21C)[C@@]1(C)CCC(=O)C=C1[C@@H]1C[C@H]31. The molecule has 0 aliphatic heterocycles. The summed E-state index contributed by atoms with van der Waals surface area (Å²) in [6.45, 7) is 14.6. The van der Waals surface area contributed by atoms with Crippen LogP contribution in [0.3, 0.4) is 0 Å². The number of fused-ring (bicyclic) bond motifs is 10. The quantitative estimate of drug-likeness (QED) is 0.471. The van der Waals surface area contributed by atoms with Gasteiger partial charge in [-0.05, 0) is 115 Å². The Bertz CT molecular complexity index is 820. The number of carbonyl (C=O) groups is 1. The molecule has 0 amide bonds. The Morgan fingerprint density at radius 2 is 1.93 bits per heavy atom. The van der Waals surface area contributed by atoms with E-state index >= 15 is 0 Å². The Morgan fingerprint density at radius 3 is 2.69 bits per heavy atom. The fourth-order valence-corrected chi connectivity index (χ4v) is 9.94. The van der Waals surface area contributed by atoms with Crippen molar-refractivity contribution in [2.75, 3.05) is 0 Å². The first-order valence-electron chi connectivity index (χ1n) is 12.7. The summed E-state index contributed by atoms with van der Waals surface area (Å²) < 4.78 is 0. The lowest BCUT2D eigenvalue weighted by atomic mass is 9.43. The molecule has 0 aromatic heterocycles. The van der Waals surface area contributed by atoms with Crippen LogP contribution in [0.4, 0.5) is 0 Å². The second kappa shape index (κ2) is 5.68.